The maximum absolute atomic E-state index is 12.4. The summed E-state index contributed by atoms with van der Waals surface area (Å²) in [4.78, 5) is 35.2. The standard InChI is InChI=1S/C18H21NO5/c1-2-3-4-5-8-12(11-19(23)24)15-16(20)13-9-6-7-10-14(13)17(21)18(15)22/h6-7,9-10,12,20H,2-5,8,11H2,1H3/t12-/m1/s1. The van der Waals surface area contributed by atoms with Gasteiger partial charge in [-0.2, -0.15) is 0 Å². The Bertz CT molecular complexity index is 692. The highest BCUT2D eigenvalue weighted by molar-refractivity contribution is 6.52. The lowest BCUT2D eigenvalue weighted by atomic mass is 9.80. The zero-order valence-corrected chi connectivity index (χ0v) is 13.7. The Balaban J connectivity index is 2.37. The van der Waals surface area contributed by atoms with E-state index < -0.39 is 29.0 Å². The van der Waals surface area contributed by atoms with Crippen molar-refractivity contribution in [2.45, 2.75) is 39.0 Å². The number of carbonyl (C=O) groups is 2. The number of fused-ring (bicyclic) bond motifs is 1. The first-order valence-electron chi connectivity index (χ1n) is 8.20. The van der Waals surface area contributed by atoms with Crippen molar-refractivity contribution in [1.82, 2.24) is 0 Å². The molecule has 128 valence electrons. The molecule has 6 heteroatoms. The second kappa shape index (κ2) is 7.86. The SMILES string of the molecule is CCCCCC[C@H](C[N+](=O)[O-])C1=C(O)c2ccccc2C(=O)C1=O. The molecule has 0 bridgehead atoms. The molecule has 0 unspecified atom stereocenters. The molecule has 1 aliphatic carbocycles. The minimum absolute atomic E-state index is 0.105. The molecule has 1 aliphatic rings. The Morgan fingerprint density at radius 3 is 2.38 bits per heavy atom. The van der Waals surface area contributed by atoms with Crippen LogP contribution in [-0.4, -0.2) is 28.1 Å². The number of nitrogens with zero attached hydrogens (tertiary/aromatic N) is 1. The fourth-order valence-electron chi connectivity index (χ4n) is 3.09. The molecular weight excluding hydrogens is 310 g/mol. The van der Waals surface area contributed by atoms with E-state index in [-0.39, 0.29) is 22.5 Å². The van der Waals surface area contributed by atoms with Gasteiger partial charge in [0.1, 0.15) is 5.76 Å². The van der Waals surface area contributed by atoms with Crippen LogP contribution in [0.4, 0.5) is 0 Å². The molecule has 0 radical (unpaired) electrons. The maximum Gasteiger partial charge on any atom is 0.234 e. The Kier molecular flexibility index (Phi) is 5.84. The number of carbonyl (C=O) groups excluding carboxylic acids is 2. The van der Waals surface area contributed by atoms with E-state index in [9.17, 15) is 24.8 Å². The maximum atomic E-state index is 12.4. The fourth-order valence-corrected chi connectivity index (χ4v) is 3.09. The van der Waals surface area contributed by atoms with Crippen LogP contribution in [0.25, 0.3) is 5.76 Å². The first-order valence-corrected chi connectivity index (χ1v) is 8.20. The molecule has 1 N–H and O–H groups in total. The van der Waals surface area contributed by atoms with Crippen molar-refractivity contribution >= 4 is 17.3 Å². The Labute approximate surface area is 140 Å². The van der Waals surface area contributed by atoms with Crippen molar-refractivity contribution in [1.29, 1.82) is 0 Å². The number of aliphatic hydroxyl groups excluding tert-OH is 1. The van der Waals surface area contributed by atoms with Gasteiger partial charge in [0, 0.05) is 16.1 Å². The van der Waals surface area contributed by atoms with Gasteiger partial charge in [-0.25, -0.2) is 0 Å². The van der Waals surface area contributed by atoms with Crippen molar-refractivity contribution in [2.24, 2.45) is 5.92 Å². The number of aliphatic hydroxyl groups is 1. The van der Waals surface area contributed by atoms with Crippen LogP contribution in [0, 0.1) is 16.0 Å². The third-order valence-corrected chi connectivity index (χ3v) is 4.32. The van der Waals surface area contributed by atoms with E-state index in [0.717, 1.165) is 19.3 Å². The molecule has 0 saturated heterocycles. The largest absolute Gasteiger partial charge is 0.507 e. The Morgan fingerprint density at radius 1 is 1.08 bits per heavy atom. The summed E-state index contributed by atoms with van der Waals surface area (Å²) in [6.45, 7) is 1.59. The summed E-state index contributed by atoms with van der Waals surface area (Å²) >= 11 is 0. The van der Waals surface area contributed by atoms with Crippen LogP contribution in [0.15, 0.2) is 29.8 Å². The summed E-state index contributed by atoms with van der Waals surface area (Å²) in [7, 11) is 0. The molecule has 0 aliphatic heterocycles. The second-order valence-electron chi connectivity index (χ2n) is 6.03. The molecule has 0 fully saturated rings. The summed E-state index contributed by atoms with van der Waals surface area (Å²) in [6.07, 6.45) is 4.05. The van der Waals surface area contributed by atoms with E-state index in [1.54, 1.807) is 18.2 Å². The second-order valence-corrected chi connectivity index (χ2v) is 6.03. The number of hydrogen-bond acceptors (Lipinski definition) is 5. The summed E-state index contributed by atoms with van der Waals surface area (Å²) in [6, 6.07) is 6.29. The van der Waals surface area contributed by atoms with Gasteiger partial charge in [-0.3, -0.25) is 19.7 Å². The van der Waals surface area contributed by atoms with Gasteiger partial charge in [0.2, 0.25) is 18.1 Å². The first-order chi connectivity index (χ1) is 11.5. The third-order valence-electron chi connectivity index (χ3n) is 4.32. The third kappa shape index (κ3) is 3.69. The van der Waals surface area contributed by atoms with Gasteiger partial charge in [0.15, 0.2) is 0 Å². The molecule has 0 amide bonds. The highest BCUT2D eigenvalue weighted by Crippen LogP contribution is 2.33. The van der Waals surface area contributed by atoms with Gasteiger partial charge < -0.3 is 5.11 Å². The topological polar surface area (TPSA) is 97.5 Å². The van der Waals surface area contributed by atoms with Crippen LogP contribution >= 0.6 is 0 Å². The van der Waals surface area contributed by atoms with E-state index in [1.807, 2.05) is 0 Å². The lowest BCUT2D eigenvalue weighted by molar-refractivity contribution is -0.486. The van der Waals surface area contributed by atoms with Crippen LogP contribution in [0.3, 0.4) is 0 Å². The van der Waals surface area contributed by atoms with Crippen molar-refractivity contribution in [2.75, 3.05) is 6.54 Å². The Morgan fingerprint density at radius 2 is 1.75 bits per heavy atom. The van der Waals surface area contributed by atoms with Crippen LogP contribution in [0.1, 0.15) is 54.9 Å². The fraction of sp³-hybridized carbons (Fsp3) is 0.444. The molecule has 0 heterocycles. The number of nitro groups is 1. The van der Waals surface area contributed by atoms with Crippen LogP contribution in [0.5, 0.6) is 0 Å². The number of unbranched alkanes of at least 4 members (excludes halogenated alkanes) is 3. The Hall–Kier alpha value is -2.50. The summed E-state index contributed by atoms with van der Waals surface area (Å²) < 4.78 is 0. The first kappa shape index (κ1) is 17.8. The molecule has 1 atom stereocenters. The summed E-state index contributed by atoms with van der Waals surface area (Å²) in [5.74, 6) is -2.58. The molecule has 1 aromatic carbocycles. The van der Waals surface area contributed by atoms with Crippen LogP contribution in [-0.2, 0) is 4.79 Å². The molecule has 0 aromatic heterocycles. The summed E-state index contributed by atoms with van der Waals surface area (Å²) in [5, 5.41) is 21.5. The minimum Gasteiger partial charge on any atom is -0.507 e. The normalized spacial score (nSPS) is 15.4. The van der Waals surface area contributed by atoms with Crippen LogP contribution < -0.4 is 0 Å². The average Bonchev–Trinajstić information content (AvgIpc) is 2.56. The van der Waals surface area contributed by atoms with Gasteiger partial charge in [0.05, 0.1) is 11.5 Å². The predicted molar refractivity (Wildman–Crippen MR) is 89.4 cm³/mol. The molecule has 1 aromatic rings. The van der Waals surface area contributed by atoms with E-state index in [4.69, 9.17) is 0 Å². The van der Waals surface area contributed by atoms with Crippen molar-refractivity contribution in [3.05, 3.63) is 51.1 Å². The molecule has 0 spiro atoms. The van der Waals surface area contributed by atoms with E-state index in [0.29, 0.717) is 12.8 Å². The number of hydrogen-bond donors (Lipinski definition) is 1. The quantitative estimate of drug-likeness (QED) is 0.340. The van der Waals surface area contributed by atoms with Gasteiger partial charge in [-0.1, -0.05) is 56.9 Å². The van der Waals surface area contributed by atoms with Crippen molar-refractivity contribution < 1.29 is 19.6 Å². The smallest absolute Gasteiger partial charge is 0.234 e. The monoisotopic (exact) mass is 331 g/mol. The number of benzene rings is 1. The molecular formula is C18H21NO5. The zero-order chi connectivity index (χ0) is 17.7. The highest BCUT2D eigenvalue weighted by atomic mass is 16.6. The zero-order valence-electron chi connectivity index (χ0n) is 13.7. The lowest BCUT2D eigenvalue weighted by Crippen LogP contribution is -2.31. The number of rotatable bonds is 8. The molecule has 2 rings (SSSR count). The summed E-state index contributed by atoms with van der Waals surface area (Å²) in [5.41, 5.74) is 0.320. The average molecular weight is 331 g/mol. The van der Waals surface area contributed by atoms with E-state index in [1.165, 1.54) is 6.07 Å². The molecule has 0 saturated carbocycles. The van der Waals surface area contributed by atoms with Gasteiger partial charge in [-0.05, 0) is 6.42 Å². The number of ketones is 2. The van der Waals surface area contributed by atoms with Crippen molar-refractivity contribution in [3.63, 3.8) is 0 Å². The van der Waals surface area contributed by atoms with Crippen LogP contribution in [0.2, 0.25) is 0 Å². The molecule has 24 heavy (non-hydrogen) atoms. The highest BCUT2D eigenvalue weighted by Gasteiger charge is 2.38. The van der Waals surface area contributed by atoms with Gasteiger partial charge in [-0.15, -0.1) is 0 Å². The minimum atomic E-state index is -0.825. The van der Waals surface area contributed by atoms with Gasteiger partial charge >= 0.3 is 0 Å². The lowest BCUT2D eigenvalue weighted by Gasteiger charge is -2.22. The number of Topliss-reactive ketones (excluding diaryl/α,β-unsaturated/α-hetero) is 2. The van der Waals surface area contributed by atoms with Crippen molar-refractivity contribution in [3.8, 4) is 0 Å². The van der Waals surface area contributed by atoms with E-state index in [2.05, 4.69) is 6.92 Å². The predicted octanol–water partition coefficient (Wildman–Crippen LogP) is 3.58. The van der Waals surface area contributed by atoms with E-state index >= 15 is 0 Å². The van der Waals surface area contributed by atoms with Gasteiger partial charge in [0.25, 0.3) is 0 Å². The molecule has 6 nitrogen and oxygen atoms in total.